The van der Waals surface area contributed by atoms with Gasteiger partial charge in [-0.3, -0.25) is 9.69 Å². The second-order valence-electron chi connectivity index (χ2n) is 5.38. The van der Waals surface area contributed by atoms with Crippen molar-refractivity contribution in [2.24, 2.45) is 5.73 Å². The van der Waals surface area contributed by atoms with Crippen molar-refractivity contribution in [3.8, 4) is 0 Å². The molecule has 0 atom stereocenters. The third kappa shape index (κ3) is 7.17. The summed E-state index contributed by atoms with van der Waals surface area (Å²) in [5.41, 5.74) is 7.08. The first-order chi connectivity index (χ1) is 9.88. The van der Waals surface area contributed by atoms with Gasteiger partial charge in [0.15, 0.2) is 0 Å². The van der Waals surface area contributed by atoms with Gasteiger partial charge in [0.2, 0.25) is 5.91 Å². The molecular weight excluding hydrogens is 284 g/mol. The second-order valence-corrected chi connectivity index (χ2v) is 5.82. The Hall–Kier alpha value is -1.50. The molecule has 0 aromatic heterocycles. The number of benzene rings is 1. The van der Waals surface area contributed by atoms with E-state index in [-0.39, 0.29) is 5.91 Å². The van der Waals surface area contributed by atoms with E-state index in [2.05, 4.69) is 10.2 Å². The number of rotatable bonds is 8. The van der Waals surface area contributed by atoms with Crippen LogP contribution in [0.2, 0.25) is 0 Å². The lowest BCUT2D eigenvalue weighted by atomic mass is 10.2. The quantitative estimate of drug-likeness (QED) is 0.705. The lowest BCUT2D eigenvalue weighted by Crippen LogP contribution is -2.32. The van der Waals surface area contributed by atoms with Crippen LogP contribution in [0.1, 0.15) is 12.0 Å². The number of hydrogen-bond donors (Lipinski definition) is 2. The highest BCUT2D eigenvalue weighted by molar-refractivity contribution is 7.80. The zero-order chi connectivity index (χ0) is 15.8. The molecule has 1 amide bonds. The molecule has 5 nitrogen and oxygen atoms in total. The molecule has 0 aliphatic heterocycles. The highest BCUT2D eigenvalue weighted by Gasteiger charge is 2.07. The van der Waals surface area contributed by atoms with E-state index < -0.39 is 0 Å². The molecule has 1 aromatic carbocycles. The van der Waals surface area contributed by atoms with Gasteiger partial charge in [0.1, 0.15) is 4.99 Å². The number of anilines is 1. The maximum Gasteiger partial charge on any atom is 0.238 e. The largest absolute Gasteiger partial charge is 0.389 e. The van der Waals surface area contributed by atoms with E-state index in [0.29, 0.717) is 11.5 Å². The Morgan fingerprint density at radius 1 is 1.19 bits per heavy atom. The van der Waals surface area contributed by atoms with Gasteiger partial charge in [-0.1, -0.05) is 12.2 Å². The van der Waals surface area contributed by atoms with E-state index in [1.165, 1.54) is 0 Å². The normalized spacial score (nSPS) is 10.9. The topological polar surface area (TPSA) is 61.6 Å². The molecule has 0 radical (unpaired) electrons. The molecular formula is C15H24N4OS. The van der Waals surface area contributed by atoms with Gasteiger partial charge < -0.3 is 16.0 Å². The molecule has 0 bridgehead atoms. The zero-order valence-corrected chi connectivity index (χ0v) is 13.7. The number of thiocarbonyl (C=S) groups is 1. The van der Waals surface area contributed by atoms with Crippen LogP contribution in [0.15, 0.2) is 24.3 Å². The predicted octanol–water partition coefficient (Wildman–Crippen LogP) is 1.14. The summed E-state index contributed by atoms with van der Waals surface area (Å²) in [5.74, 6) is -0.0228. The minimum atomic E-state index is -0.0228. The lowest BCUT2D eigenvalue weighted by Gasteiger charge is -2.17. The van der Waals surface area contributed by atoms with Crippen molar-refractivity contribution in [2.45, 2.75) is 6.42 Å². The molecule has 0 spiro atoms. The van der Waals surface area contributed by atoms with Crippen molar-refractivity contribution in [3.63, 3.8) is 0 Å². The summed E-state index contributed by atoms with van der Waals surface area (Å²) < 4.78 is 0. The molecule has 0 unspecified atom stereocenters. The molecule has 0 aliphatic rings. The average molecular weight is 308 g/mol. The van der Waals surface area contributed by atoms with Crippen molar-refractivity contribution in [1.29, 1.82) is 0 Å². The fraction of sp³-hybridized carbons (Fsp3) is 0.467. The first kappa shape index (κ1) is 17.6. The smallest absolute Gasteiger partial charge is 0.238 e. The Bertz CT molecular complexity index is 473. The number of carbonyl (C=O) groups is 1. The van der Waals surface area contributed by atoms with Gasteiger partial charge in [0.05, 0.1) is 6.54 Å². The van der Waals surface area contributed by atoms with E-state index in [1.54, 1.807) is 24.3 Å². The maximum absolute atomic E-state index is 11.9. The first-order valence-electron chi connectivity index (χ1n) is 6.91. The van der Waals surface area contributed by atoms with Gasteiger partial charge in [-0.05, 0) is 64.9 Å². The molecule has 0 saturated heterocycles. The molecule has 0 aliphatic carbocycles. The number of amides is 1. The van der Waals surface area contributed by atoms with Crippen LogP contribution < -0.4 is 11.1 Å². The number of nitrogens with zero attached hydrogens (tertiary/aromatic N) is 2. The molecule has 1 aromatic rings. The number of likely N-dealkylation sites (N-methyl/N-ethyl adjacent to an activating group) is 1. The SMILES string of the molecule is CN(C)CCCN(C)CC(=O)Nc1ccc(C(N)=S)cc1. The van der Waals surface area contributed by atoms with Gasteiger partial charge in [-0.2, -0.15) is 0 Å². The van der Waals surface area contributed by atoms with Crippen molar-refractivity contribution in [1.82, 2.24) is 9.80 Å². The number of nitrogens with two attached hydrogens (primary N) is 1. The van der Waals surface area contributed by atoms with E-state index in [9.17, 15) is 4.79 Å². The summed E-state index contributed by atoms with van der Waals surface area (Å²) >= 11 is 4.89. The average Bonchev–Trinajstić information content (AvgIpc) is 2.38. The number of carbonyl (C=O) groups excluding carboxylic acids is 1. The Morgan fingerprint density at radius 2 is 1.81 bits per heavy atom. The van der Waals surface area contributed by atoms with E-state index in [1.807, 2.05) is 26.0 Å². The number of hydrogen-bond acceptors (Lipinski definition) is 4. The third-order valence-electron chi connectivity index (χ3n) is 3.01. The van der Waals surface area contributed by atoms with Crippen molar-refractivity contribution in [2.75, 3.05) is 46.1 Å². The summed E-state index contributed by atoms with van der Waals surface area (Å²) in [7, 11) is 6.04. The van der Waals surface area contributed by atoms with Crippen LogP contribution in [0.3, 0.4) is 0 Å². The molecule has 1 rings (SSSR count). The molecule has 21 heavy (non-hydrogen) atoms. The van der Waals surface area contributed by atoms with Crippen LogP contribution in [-0.2, 0) is 4.79 Å². The van der Waals surface area contributed by atoms with Gasteiger partial charge in [0.25, 0.3) is 0 Å². The monoisotopic (exact) mass is 308 g/mol. The highest BCUT2D eigenvalue weighted by atomic mass is 32.1. The van der Waals surface area contributed by atoms with Gasteiger partial charge in [-0.25, -0.2) is 0 Å². The summed E-state index contributed by atoms with van der Waals surface area (Å²) in [5, 5.41) is 2.86. The fourth-order valence-corrected chi connectivity index (χ4v) is 2.04. The molecule has 0 saturated carbocycles. The lowest BCUT2D eigenvalue weighted by molar-refractivity contribution is -0.117. The zero-order valence-electron chi connectivity index (χ0n) is 12.9. The van der Waals surface area contributed by atoms with Gasteiger partial charge in [0, 0.05) is 11.3 Å². The van der Waals surface area contributed by atoms with Crippen molar-refractivity contribution < 1.29 is 4.79 Å². The Labute approximate surface area is 132 Å². The van der Waals surface area contributed by atoms with Crippen LogP contribution in [-0.4, -0.2) is 61.5 Å². The molecule has 0 fully saturated rings. The molecule has 116 valence electrons. The summed E-state index contributed by atoms with van der Waals surface area (Å²) in [4.78, 5) is 16.4. The predicted molar refractivity (Wildman–Crippen MR) is 91.6 cm³/mol. The first-order valence-corrected chi connectivity index (χ1v) is 7.32. The number of nitrogens with one attached hydrogen (secondary N) is 1. The summed E-state index contributed by atoms with van der Waals surface area (Å²) in [6, 6.07) is 7.22. The summed E-state index contributed by atoms with van der Waals surface area (Å²) in [6.45, 7) is 2.29. The minimum Gasteiger partial charge on any atom is -0.389 e. The third-order valence-corrected chi connectivity index (χ3v) is 3.25. The van der Waals surface area contributed by atoms with E-state index in [0.717, 1.165) is 30.8 Å². The van der Waals surface area contributed by atoms with Crippen LogP contribution in [0, 0.1) is 0 Å². The molecule has 0 heterocycles. The van der Waals surface area contributed by atoms with Crippen LogP contribution >= 0.6 is 12.2 Å². The van der Waals surface area contributed by atoms with Crippen LogP contribution in [0.4, 0.5) is 5.69 Å². The molecule has 6 heteroatoms. The van der Waals surface area contributed by atoms with Gasteiger partial charge >= 0.3 is 0 Å². The standard InChI is InChI=1S/C15H24N4OS/c1-18(2)9-4-10-19(3)11-14(20)17-13-7-5-12(6-8-13)15(16)21/h5-8H,4,9-11H2,1-3H3,(H2,16,21)(H,17,20). The minimum absolute atomic E-state index is 0.0228. The Balaban J connectivity index is 2.37. The van der Waals surface area contributed by atoms with Crippen molar-refractivity contribution >= 4 is 28.8 Å². The Kier molecular flexibility index (Phi) is 7.28. The Morgan fingerprint density at radius 3 is 2.33 bits per heavy atom. The van der Waals surface area contributed by atoms with E-state index >= 15 is 0 Å². The second kappa shape index (κ2) is 8.71. The maximum atomic E-state index is 11.9. The van der Waals surface area contributed by atoms with Crippen LogP contribution in [0.25, 0.3) is 0 Å². The fourth-order valence-electron chi connectivity index (χ4n) is 1.90. The molecule has 3 N–H and O–H groups in total. The van der Waals surface area contributed by atoms with Gasteiger partial charge in [-0.15, -0.1) is 0 Å². The van der Waals surface area contributed by atoms with E-state index in [4.69, 9.17) is 18.0 Å². The highest BCUT2D eigenvalue weighted by Crippen LogP contribution is 2.09. The summed E-state index contributed by atoms with van der Waals surface area (Å²) in [6.07, 6.45) is 1.04. The van der Waals surface area contributed by atoms with Crippen LogP contribution in [0.5, 0.6) is 0 Å². The van der Waals surface area contributed by atoms with Crippen molar-refractivity contribution in [3.05, 3.63) is 29.8 Å².